The third kappa shape index (κ3) is 2.76. The molecule has 2 aliphatic heterocycles. The number of alkyl halides is 5. The van der Waals surface area contributed by atoms with Crippen molar-refractivity contribution in [3.05, 3.63) is 13.0 Å². The van der Waals surface area contributed by atoms with Crippen molar-refractivity contribution >= 4 is 5.78 Å². The fourth-order valence-corrected chi connectivity index (χ4v) is 3.06. The molecule has 0 N–H and O–H groups in total. The lowest BCUT2D eigenvalue weighted by Gasteiger charge is -2.49. The second-order valence-corrected chi connectivity index (χ2v) is 6.72. The van der Waals surface area contributed by atoms with Gasteiger partial charge in [0.25, 0.3) is 0 Å². The van der Waals surface area contributed by atoms with Gasteiger partial charge in [0, 0.05) is 5.41 Å². The minimum absolute atomic E-state index is 0.0547. The Labute approximate surface area is 126 Å². The molecule has 2 heterocycles. The van der Waals surface area contributed by atoms with Crippen LogP contribution < -0.4 is 0 Å². The van der Waals surface area contributed by atoms with Crippen LogP contribution in [-0.4, -0.2) is 24.0 Å². The molecule has 0 aromatic rings. The number of rotatable bonds is 4. The van der Waals surface area contributed by atoms with Gasteiger partial charge in [0.05, 0.1) is 12.0 Å². The van der Waals surface area contributed by atoms with Gasteiger partial charge in [-0.3, -0.25) is 4.79 Å². The van der Waals surface area contributed by atoms with Gasteiger partial charge in [0.2, 0.25) is 0 Å². The van der Waals surface area contributed by atoms with Crippen LogP contribution in [0.1, 0.15) is 39.5 Å². The first-order valence-corrected chi connectivity index (χ1v) is 7.24. The summed E-state index contributed by atoms with van der Waals surface area (Å²) in [5, 5.41) is 0. The van der Waals surface area contributed by atoms with Gasteiger partial charge < -0.3 is 4.74 Å². The molecule has 3 rings (SSSR count). The molecule has 22 heavy (non-hydrogen) atoms. The van der Waals surface area contributed by atoms with E-state index < -0.39 is 35.5 Å². The van der Waals surface area contributed by atoms with E-state index in [0.29, 0.717) is 6.42 Å². The number of halogens is 5. The second-order valence-electron chi connectivity index (χ2n) is 6.72. The van der Waals surface area contributed by atoms with Gasteiger partial charge >= 0.3 is 12.1 Å². The quantitative estimate of drug-likeness (QED) is 0.718. The van der Waals surface area contributed by atoms with Gasteiger partial charge in [-0.2, -0.15) is 22.0 Å². The summed E-state index contributed by atoms with van der Waals surface area (Å²) in [5.74, 6) is -7.73. The second kappa shape index (κ2) is 5.42. The number of carbonyl (C=O) groups excluding carboxylic acids is 1. The van der Waals surface area contributed by atoms with Gasteiger partial charge in [-0.1, -0.05) is 20.8 Å². The van der Waals surface area contributed by atoms with E-state index in [-0.39, 0.29) is 31.1 Å². The molecule has 3 atom stereocenters. The van der Waals surface area contributed by atoms with E-state index >= 15 is 0 Å². The molecule has 126 valence electrons. The molecule has 1 saturated carbocycles. The Morgan fingerprint density at radius 3 is 2.23 bits per heavy atom. The molecule has 0 amide bonds. The van der Waals surface area contributed by atoms with E-state index in [2.05, 4.69) is 6.92 Å². The van der Waals surface area contributed by atoms with Crippen molar-refractivity contribution in [2.75, 3.05) is 0 Å². The average Bonchev–Trinajstić information content (AvgIpc) is 2.45. The minimum Gasteiger partial charge on any atom is -0.360 e. The summed E-state index contributed by atoms with van der Waals surface area (Å²) < 4.78 is 70.1. The van der Waals surface area contributed by atoms with Gasteiger partial charge in [-0.25, -0.2) is 0 Å². The highest BCUT2D eigenvalue weighted by molar-refractivity contribution is 5.95. The Bertz CT molecular complexity index is 444. The van der Waals surface area contributed by atoms with Crippen molar-refractivity contribution in [3.63, 3.8) is 0 Å². The monoisotopic (exact) mass is 326 g/mol. The summed E-state index contributed by atoms with van der Waals surface area (Å²) in [6.45, 7) is 6.97. The summed E-state index contributed by atoms with van der Waals surface area (Å²) in [4.78, 5) is 12.4. The molecule has 2 bridgehead atoms. The van der Waals surface area contributed by atoms with Crippen LogP contribution in [-0.2, 0) is 9.53 Å². The first-order valence-electron chi connectivity index (χ1n) is 7.24. The van der Waals surface area contributed by atoms with Crippen molar-refractivity contribution in [3.8, 4) is 0 Å². The van der Waals surface area contributed by atoms with E-state index in [9.17, 15) is 26.7 Å². The first kappa shape index (κ1) is 17.6. The van der Waals surface area contributed by atoms with Crippen LogP contribution in [0, 0.1) is 30.3 Å². The molecule has 3 aliphatic rings. The molecule has 2 radical (unpaired) electrons. The molecule has 2 nitrogen and oxygen atoms in total. The third-order valence-corrected chi connectivity index (χ3v) is 4.74. The van der Waals surface area contributed by atoms with Crippen LogP contribution in [0.25, 0.3) is 0 Å². The van der Waals surface area contributed by atoms with Gasteiger partial charge in [0.15, 0.2) is 11.9 Å². The smallest absolute Gasteiger partial charge is 0.360 e. The lowest BCUT2D eigenvalue weighted by Crippen LogP contribution is -2.56. The topological polar surface area (TPSA) is 26.3 Å². The van der Waals surface area contributed by atoms with Crippen LogP contribution >= 0.6 is 0 Å². The summed E-state index contributed by atoms with van der Waals surface area (Å²) in [7, 11) is 0. The molecular weight excluding hydrogens is 307 g/mol. The molecule has 1 aliphatic carbocycles. The Morgan fingerprint density at radius 1 is 1.23 bits per heavy atom. The van der Waals surface area contributed by atoms with E-state index in [1.807, 2.05) is 0 Å². The highest BCUT2D eigenvalue weighted by atomic mass is 19.4. The normalized spacial score (nSPS) is 30.6. The molecule has 0 spiro atoms. The van der Waals surface area contributed by atoms with E-state index in [4.69, 9.17) is 4.74 Å². The largest absolute Gasteiger partial charge is 0.453 e. The lowest BCUT2D eigenvalue weighted by atomic mass is 9.67. The van der Waals surface area contributed by atoms with Gasteiger partial charge in [0.1, 0.15) is 0 Å². The zero-order valence-electron chi connectivity index (χ0n) is 12.5. The summed E-state index contributed by atoms with van der Waals surface area (Å²) >= 11 is 0. The zero-order chi connectivity index (χ0) is 16.9. The van der Waals surface area contributed by atoms with Crippen LogP contribution in [0.5, 0.6) is 0 Å². The number of fused-ring (bicyclic) bond motifs is 3. The average molecular weight is 326 g/mol. The summed E-state index contributed by atoms with van der Waals surface area (Å²) in [5.41, 5.74) is -0.811. The summed E-state index contributed by atoms with van der Waals surface area (Å²) in [6, 6.07) is 0. The number of ketones is 1. The standard InChI is InChI=1S/C15H19F5O2/c1-4-13(2,3)12(21)11-8-5-6-10(22-11)9(7-8)14(16,17)15(18,19)20/h8-10H,1,4-7H2,2-3H3. The van der Waals surface area contributed by atoms with Crippen LogP contribution in [0.4, 0.5) is 22.0 Å². The number of hydrogen-bond acceptors (Lipinski definition) is 2. The molecule has 0 aromatic heterocycles. The molecule has 0 aromatic carbocycles. The Kier molecular flexibility index (Phi) is 4.35. The highest BCUT2D eigenvalue weighted by Crippen LogP contribution is 2.55. The Balaban J connectivity index is 2.18. The maximum Gasteiger partial charge on any atom is 0.453 e. The zero-order valence-corrected chi connectivity index (χ0v) is 12.5. The number of Topliss-reactive ketones (excluding diaryl/α,β-unsaturated/α-hetero) is 1. The maximum absolute atomic E-state index is 13.6. The van der Waals surface area contributed by atoms with Crippen molar-refractivity contribution in [1.29, 1.82) is 0 Å². The number of carbonyl (C=O) groups is 1. The SMILES string of the molecule is [CH2]CC(C)(C)C(=O)[C]1OC2CCC1CC2C(F)(F)C(F)(F)F. The third-order valence-electron chi connectivity index (χ3n) is 4.74. The van der Waals surface area contributed by atoms with E-state index in [1.54, 1.807) is 13.8 Å². The van der Waals surface area contributed by atoms with Gasteiger partial charge in [-0.15, -0.1) is 0 Å². The summed E-state index contributed by atoms with van der Waals surface area (Å²) in [6.07, 6.45) is -6.37. The molecule has 2 saturated heterocycles. The Hall–Kier alpha value is -0.720. The lowest BCUT2D eigenvalue weighted by molar-refractivity contribution is -0.325. The van der Waals surface area contributed by atoms with E-state index in [1.165, 1.54) is 0 Å². The van der Waals surface area contributed by atoms with Gasteiger partial charge in [-0.05, 0) is 31.6 Å². The fourth-order valence-electron chi connectivity index (χ4n) is 3.06. The molecule has 3 unspecified atom stereocenters. The van der Waals surface area contributed by atoms with Crippen molar-refractivity contribution in [2.24, 2.45) is 17.3 Å². The molecular formula is C15H19F5O2. The Morgan fingerprint density at radius 2 is 1.82 bits per heavy atom. The molecule has 7 heteroatoms. The van der Waals surface area contributed by atoms with Crippen molar-refractivity contribution in [2.45, 2.75) is 57.7 Å². The maximum atomic E-state index is 13.6. The fraction of sp³-hybridized carbons (Fsp3) is 0.800. The minimum atomic E-state index is -5.60. The van der Waals surface area contributed by atoms with Crippen molar-refractivity contribution in [1.82, 2.24) is 0 Å². The highest BCUT2D eigenvalue weighted by Gasteiger charge is 2.67. The van der Waals surface area contributed by atoms with E-state index in [0.717, 1.165) is 0 Å². The number of ether oxygens (including phenoxy) is 1. The van der Waals surface area contributed by atoms with Crippen LogP contribution in [0.3, 0.4) is 0 Å². The predicted molar refractivity (Wildman–Crippen MR) is 68.7 cm³/mol. The number of hydrogen-bond donors (Lipinski definition) is 0. The predicted octanol–water partition coefficient (Wildman–Crippen LogP) is 4.35. The van der Waals surface area contributed by atoms with Crippen LogP contribution in [0.15, 0.2) is 0 Å². The van der Waals surface area contributed by atoms with Crippen LogP contribution in [0.2, 0.25) is 0 Å². The first-order chi connectivity index (χ1) is 9.91. The molecule has 3 fully saturated rings. The van der Waals surface area contributed by atoms with Crippen molar-refractivity contribution < 1.29 is 31.5 Å².